The zero-order valence-electron chi connectivity index (χ0n) is 17.5. The minimum absolute atomic E-state index is 0.186. The standard InChI is InChI=1S/C22H20F3N3O4/c1-21(13-14-8-5-4-6-9-14)20(30)26(2)18(19(29)27(21)3)12-15-16(22(23,24)25)10-7-11-17(15)28(31)32/h4-12H,13H2,1-3H3/b18-12+. The van der Waals surface area contributed by atoms with Crippen LogP contribution in [0.25, 0.3) is 6.08 Å². The first-order valence-corrected chi connectivity index (χ1v) is 9.54. The Bertz CT molecular complexity index is 1120. The van der Waals surface area contributed by atoms with E-state index in [-0.39, 0.29) is 12.1 Å². The first kappa shape index (κ1) is 23.0. The van der Waals surface area contributed by atoms with Crippen LogP contribution in [0.2, 0.25) is 0 Å². The number of nitrogens with zero attached hydrogens (tertiary/aromatic N) is 3. The van der Waals surface area contributed by atoms with Crippen molar-refractivity contribution in [1.29, 1.82) is 0 Å². The van der Waals surface area contributed by atoms with E-state index in [1.807, 2.05) is 0 Å². The smallest absolute Gasteiger partial charge is 0.326 e. The lowest BCUT2D eigenvalue weighted by atomic mass is 9.87. The average Bonchev–Trinajstić information content (AvgIpc) is 2.74. The fourth-order valence-electron chi connectivity index (χ4n) is 3.75. The number of carbonyl (C=O) groups is 2. The van der Waals surface area contributed by atoms with Gasteiger partial charge in [0.15, 0.2) is 0 Å². The van der Waals surface area contributed by atoms with Crippen molar-refractivity contribution in [3.8, 4) is 0 Å². The number of nitro benzene ring substituents is 1. The first-order valence-electron chi connectivity index (χ1n) is 9.54. The van der Waals surface area contributed by atoms with Crippen LogP contribution in [0.1, 0.15) is 23.6 Å². The monoisotopic (exact) mass is 447 g/mol. The van der Waals surface area contributed by atoms with Crippen LogP contribution in [0.15, 0.2) is 54.2 Å². The van der Waals surface area contributed by atoms with E-state index in [9.17, 15) is 32.9 Å². The Morgan fingerprint density at radius 3 is 2.25 bits per heavy atom. The normalized spacial score (nSPS) is 20.8. The molecule has 3 rings (SSSR count). The van der Waals surface area contributed by atoms with Gasteiger partial charge in [-0.1, -0.05) is 36.4 Å². The Morgan fingerprint density at radius 1 is 1.06 bits per heavy atom. The van der Waals surface area contributed by atoms with Crippen molar-refractivity contribution in [2.75, 3.05) is 14.1 Å². The molecule has 2 aromatic carbocycles. The summed E-state index contributed by atoms with van der Waals surface area (Å²) in [6.07, 6.45) is -3.95. The Kier molecular flexibility index (Phi) is 5.82. The molecular weight excluding hydrogens is 427 g/mol. The van der Waals surface area contributed by atoms with Crippen molar-refractivity contribution in [3.05, 3.63) is 81.0 Å². The van der Waals surface area contributed by atoms with Gasteiger partial charge in [-0.25, -0.2) is 0 Å². The van der Waals surface area contributed by atoms with E-state index in [0.29, 0.717) is 6.07 Å². The van der Waals surface area contributed by atoms with E-state index in [0.717, 1.165) is 33.6 Å². The molecule has 1 fully saturated rings. The summed E-state index contributed by atoms with van der Waals surface area (Å²) in [6, 6.07) is 11.5. The number of carbonyl (C=O) groups excluding carboxylic acids is 2. The van der Waals surface area contributed by atoms with Crippen LogP contribution in [0, 0.1) is 10.1 Å². The molecule has 0 bridgehead atoms. The van der Waals surface area contributed by atoms with Crippen LogP contribution >= 0.6 is 0 Å². The van der Waals surface area contributed by atoms with E-state index in [4.69, 9.17) is 0 Å². The molecule has 1 unspecified atom stereocenters. The topological polar surface area (TPSA) is 83.8 Å². The third kappa shape index (κ3) is 3.95. The molecule has 168 valence electrons. The number of alkyl halides is 3. The molecule has 0 N–H and O–H groups in total. The van der Waals surface area contributed by atoms with Crippen molar-refractivity contribution in [2.45, 2.75) is 25.1 Å². The highest BCUT2D eigenvalue weighted by Crippen LogP contribution is 2.39. The van der Waals surface area contributed by atoms with Crippen LogP contribution in [-0.4, -0.2) is 46.2 Å². The molecule has 2 aromatic rings. The van der Waals surface area contributed by atoms with Crippen molar-refractivity contribution in [1.82, 2.24) is 9.80 Å². The number of hydrogen-bond acceptors (Lipinski definition) is 4. The third-order valence-corrected chi connectivity index (χ3v) is 5.65. The summed E-state index contributed by atoms with van der Waals surface area (Å²) in [4.78, 5) is 38.9. The molecule has 1 heterocycles. The number of benzene rings is 2. The SMILES string of the molecule is CN1C(=O)C(C)(Cc2ccccc2)N(C)C(=O)/C1=C\c1c([N+](=O)[O-])cccc1C(F)(F)F. The average molecular weight is 447 g/mol. The molecule has 1 aliphatic heterocycles. The van der Waals surface area contributed by atoms with Gasteiger partial charge in [-0.15, -0.1) is 0 Å². The number of amides is 2. The fourth-order valence-corrected chi connectivity index (χ4v) is 3.75. The summed E-state index contributed by atoms with van der Waals surface area (Å²) in [5, 5.41) is 11.4. The number of halogens is 3. The molecule has 2 amide bonds. The van der Waals surface area contributed by atoms with Crippen molar-refractivity contribution >= 4 is 23.6 Å². The minimum atomic E-state index is -4.90. The van der Waals surface area contributed by atoms with Crippen LogP contribution in [0.5, 0.6) is 0 Å². The molecule has 0 spiro atoms. The lowest BCUT2D eigenvalue weighted by Gasteiger charge is -2.45. The van der Waals surface area contributed by atoms with Crippen LogP contribution in [0.4, 0.5) is 18.9 Å². The molecular formula is C22H20F3N3O4. The number of rotatable bonds is 4. The molecule has 0 aliphatic carbocycles. The van der Waals surface area contributed by atoms with Crippen molar-refractivity contribution < 1.29 is 27.7 Å². The maximum Gasteiger partial charge on any atom is 0.417 e. The van der Waals surface area contributed by atoms with Gasteiger partial charge in [0.2, 0.25) is 0 Å². The highest BCUT2D eigenvalue weighted by Gasteiger charge is 2.49. The third-order valence-electron chi connectivity index (χ3n) is 5.65. The maximum atomic E-state index is 13.5. The first-order chi connectivity index (χ1) is 14.9. The van der Waals surface area contributed by atoms with Crippen LogP contribution in [0.3, 0.4) is 0 Å². The molecule has 1 atom stereocenters. The zero-order chi connectivity index (χ0) is 23.8. The van der Waals surface area contributed by atoms with Gasteiger partial charge in [0.1, 0.15) is 11.2 Å². The second-order valence-corrected chi connectivity index (χ2v) is 7.69. The van der Waals surface area contributed by atoms with Gasteiger partial charge in [-0.3, -0.25) is 19.7 Å². The van der Waals surface area contributed by atoms with Gasteiger partial charge in [0, 0.05) is 26.6 Å². The van der Waals surface area contributed by atoms with Crippen molar-refractivity contribution in [3.63, 3.8) is 0 Å². The Balaban J connectivity index is 2.12. The zero-order valence-corrected chi connectivity index (χ0v) is 17.5. The van der Waals surface area contributed by atoms with Gasteiger partial charge >= 0.3 is 6.18 Å². The summed E-state index contributed by atoms with van der Waals surface area (Å²) >= 11 is 0. The molecule has 10 heteroatoms. The van der Waals surface area contributed by atoms with Gasteiger partial charge in [-0.05, 0) is 24.6 Å². The number of likely N-dealkylation sites (N-methyl/N-ethyl adjacent to an activating group) is 2. The molecule has 1 saturated heterocycles. The van der Waals surface area contributed by atoms with E-state index >= 15 is 0 Å². The van der Waals surface area contributed by atoms with Crippen LogP contribution < -0.4 is 0 Å². The summed E-state index contributed by atoms with van der Waals surface area (Å²) in [7, 11) is 2.65. The lowest BCUT2D eigenvalue weighted by molar-refractivity contribution is -0.385. The Hall–Kier alpha value is -3.69. The van der Waals surface area contributed by atoms with E-state index < -0.39 is 45.3 Å². The molecule has 32 heavy (non-hydrogen) atoms. The van der Waals surface area contributed by atoms with Crippen molar-refractivity contribution in [2.24, 2.45) is 0 Å². The second kappa shape index (κ2) is 8.10. The van der Waals surface area contributed by atoms with E-state index in [2.05, 4.69) is 0 Å². The molecule has 0 radical (unpaired) electrons. The molecule has 0 saturated carbocycles. The van der Waals surface area contributed by atoms with E-state index in [1.54, 1.807) is 37.3 Å². The quantitative estimate of drug-likeness (QED) is 0.405. The maximum absolute atomic E-state index is 13.5. The van der Waals surface area contributed by atoms with Gasteiger partial charge < -0.3 is 9.80 Å². The molecule has 0 aromatic heterocycles. The summed E-state index contributed by atoms with van der Waals surface area (Å²) in [5.74, 6) is -1.25. The van der Waals surface area contributed by atoms with E-state index in [1.165, 1.54) is 14.1 Å². The highest BCUT2D eigenvalue weighted by molar-refractivity contribution is 6.09. The Labute approximate surface area is 181 Å². The Morgan fingerprint density at radius 2 is 1.69 bits per heavy atom. The number of piperazine rings is 1. The predicted octanol–water partition coefficient (Wildman–Crippen LogP) is 3.89. The fraction of sp³-hybridized carbons (Fsp3) is 0.273. The summed E-state index contributed by atoms with van der Waals surface area (Å²) in [6.45, 7) is 1.57. The predicted molar refractivity (Wildman–Crippen MR) is 110 cm³/mol. The second-order valence-electron chi connectivity index (χ2n) is 7.69. The molecule has 1 aliphatic rings. The minimum Gasteiger partial charge on any atom is -0.326 e. The lowest BCUT2D eigenvalue weighted by Crippen LogP contribution is -2.64. The largest absolute Gasteiger partial charge is 0.417 e. The summed E-state index contributed by atoms with van der Waals surface area (Å²) in [5.41, 5.74) is -3.76. The highest BCUT2D eigenvalue weighted by atomic mass is 19.4. The number of hydrogen-bond donors (Lipinski definition) is 0. The summed E-state index contributed by atoms with van der Waals surface area (Å²) < 4.78 is 40.6. The van der Waals surface area contributed by atoms with Gasteiger partial charge in [-0.2, -0.15) is 13.2 Å². The van der Waals surface area contributed by atoms with Crippen LogP contribution in [-0.2, 0) is 22.2 Å². The van der Waals surface area contributed by atoms with Gasteiger partial charge in [0.25, 0.3) is 17.5 Å². The number of nitro groups is 1. The molecule has 7 nitrogen and oxygen atoms in total. The van der Waals surface area contributed by atoms with Gasteiger partial charge in [0.05, 0.1) is 16.1 Å².